The standard InChI is InChI=1S/C11H19ClN2/c1-5-14-7-6-13-10(14)8-9(12)11(2,3)4/h6-7,9H,5,8H2,1-4H3. The van der Waals surface area contributed by atoms with E-state index in [4.69, 9.17) is 11.6 Å². The van der Waals surface area contributed by atoms with Gasteiger partial charge in [-0.15, -0.1) is 11.6 Å². The average Bonchev–Trinajstić information content (AvgIpc) is 2.50. The molecule has 1 unspecified atom stereocenters. The van der Waals surface area contributed by atoms with E-state index < -0.39 is 0 Å². The normalized spacial score (nSPS) is 14.4. The van der Waals surface area contributed by atoms with Gasteiger partial charge in [0.25, 0.3) is 0 Å². The lowest BCUT2D eigenvalue weighted by Crippen LogP contribution is -2.24. The summed E-state index contributed by atoms with van der Waals surface area (Å²) in [7, 11) is 0. The van der Waals surface area contributed by atoms with Crippen molar-refractivity contribution in [1.29, 1.82) is 0 Å². The zero-order chi connectivity index (χ0) is 10.8. The van der Waals surface area contributed by atoms with E-state index in [1.165, 1.54) is 0 Å². The Morgan fingerprint density at radius 3 is 2.64 bits per heavy atom. The molecular weight excluding hydrogens is 196 g/mol. The molecule has 0 saturated heterocycles. The van der Waals surface area contributed by atoms with E-state index in [0.29, 0.717) is 0 Å². The molecule has 1 rings (SSSR count). The molecule has 1 atom stereocenters. The van der Waals surface area contributed by atoms with Gasteiger partial charge in [-0.05, 0) is 12.3 Å². The van der Waals surface area contributed by atoms with Gasteiger partial charge in [-0.25, -0.2) is 4.98 Å². The molecule has 0 saturated carbocycles. The van der Waals surface area contributed by atoms with Crippen molar-refractivity contribution in [3.05, 3.63) is 18.2 Å². The van der Waals surface area contributed by atoms with Crippen molar-refractivity contribution in [2.75, 3.05) is 0 Å². The zero-order valence-electron chi connectivity index (χ0n) is 9.42. The summed E-state index contributed by atoms with van der Waals surface area (Å²) in [5, 5.41) is 0.134. The Bertz CT molecular complexity index is 286. The van der Waals surface area contributed by atoms with Crippen LogP contribution in [0.25, 0.3) is 0 Å². The molecule has 0 fully saturated rings. The quantitative estimate of drug-likeness (QED) is 0.708. The molecule has 0 N–H and O–H groups in total. The van der Waals surface area contributed by atoms with Gasteiger partial charge in [0, 0.05) is 30.7 Å². The predicted octanol–water partition coefficient (Wildman–Crippen LogP) is 3.10. The minimum absolute atomic E-state index is 0.131. The fourth-order valence-electron chi connectivity index (χ4n) is 1.28. The van der Waals surface area contributed by atoms with Crippen LogP contribution in [0.2, 0.25) is 0 Å². The highest BCUT2D eigenvalue weighted by Gasteiger charge is 2.23. The van der Waals surface area contributed by atoms with E-state index >= 15 is 0 Å². The lowest BCUT2D eigenvalue weighted by atomic mass is 9.90. The van der Waals surface area contributed by atoms with E-state index in [-0.39, 0.29) is 10.8 Å². The maximum absolute atomic E-state index is 6.32. The molecule has 0 aromatic carbocycles. The van der Waals surface area contributed by atoms with Gasteiger partial charge in [-0.3, -0.25) is 0 Å². The third kappa shape index (κ3) is 2.74. The molecule has 14 heavy (non-hydrogen) atoms. The van der Waals surface area contributed by atoms with Crippen LogP contribution < -0.4 is 0 Å². The summed E-state index contributed by atoms with van der Waals surface area (Å²) in [5.41, 5.74) is 0.131. The molecule has 0 aliphatic heterocycles. The SMILES string of the molecule is CCn1ccnc1CC(Cl)C(C)(C)C. The van der Waals surface area contributed by atoms with Crippen molar-refractivity contribution in [2.24, 2.45) is 5.41 Å². The van der Waals surface area contributed by atoms with Crippen LogP contribution in [0.1, 0.15) is 33.5 Å². The Labute approximate surface area is 91.3 Å². The monoisotopic (exact) mass is 214 g/mol. The second kappa shape index (κ2) is 4.35. The molecule has 80 valence electrons. The first kappa shape index (κ1) is 11.6. The largest absolute Gasteiger partial charge is 0.335 e. The highest BCUT2D eigenvalue weighted by molar-refractivity contribution is 6.21. The first-order valence-electron chi connectivity index (χ1n) is 5.09. The molecule has 0 bridgehead atoms. The molecular formula is C11H19ClN2. The second-order valence-corrected chi connectivity index (χ2v) is 5.19. The molecule has 0 amide bonds. The number of nitrogens with zero attached hydrogens (tertiary/aromatic N) is 2. The number of aryl methyl sites for hydroxylation is 1. The van der Waals surface area contributed by atoms with Gasteiger partial charge in [0.2, 0.25) is 0 Å². The maximum atomic E-state index is 6.32. The lowest BCUT2D eigenvalue weighted by molar-refractivity contribution is 0.380. The molecule has 0 aliphatic rings. The van der Waals surface area contributed by atoms with Crippen LogP contribution in [-0.4, -0.2) is 14.9 Å². The van der Waals surface area contributed by atoms with Crippen molar-refractivity contribution in [3.8, 4) is 0 Å². The van der Waals surface area contributed by atoms with Crippen LogP contribution in [0.15, 0.2) is 12.4 Å². The summed E-state index contributed by atoms with van der Waals surface area (Å²) >= 11 is 6.32. The van der Waals surface area contributed by atoms with Crippen LogP contribution in [-0.2, 0) is 13.0 Å². The zero-order valence-corrected chi connectivity index (χ0v) is 10.2. The van der Waals surface area contributed by atoms with Gasteiger partial charge >= 0.3 is 0 Å². The van der Waals surface area contributed by atoms with Gasteiger partial charge in [0.15, 0.2) is 0 Å². The molecule has 1 aromatic heterocycles. The van der Waals surface area contributed by atoms with Crippen LogP contribution in [0.5, 0.6) is 0 Å². The molecule has 1 aromatic rings. The molecule has 2 nitrogen and oxygen atoms in total. The summed E-state index contributed by atoms with van der Waals surface area (Å²) in [6.07, 6.45) is 4.68. The second-order valence-electron chi connectivity index (χ2n) is 4.67. The van der Waals surface area contributed by atoms with Crippen molar-refractivity contribution >= 4 is 11.6 Å². The van der Waals surface area contributed by atoms with Crippen molar-refractivity contribution in [2.45, 2.75) is 46.0 Å². The number of hydrogen-bond acceptors (Lipinski definition) is 1. The summed E-state index contributed by atoms with van der Waals surface area (Å²) < 4.78 is 2.14. The number of imidazole rings is 1. The molecule has 1 heterocycles. The topological polar surface area (TPSA) is 17.8 Å². The average molecular weight is 215 g/mol. The summed E-state index contributed by atoms with van der Waals surface area (Å²) in [6.45, 7) is 9.55. The van der Waals surface area contributed by atoms with Gasteiger partial charge in [0.05, 0.1) is 0 Å². The first-order chi connectivity index (χ1) is 6.45. The number of rotatable bonds is 3. The highest BCUT2D eigenvalue weighted by Crippen LogP contribution is 2.26. The van der Waals surface area contributed by atoms with E-state index in [1.807, 2.05) is 12.4 Å². The first-order valence-corrected chi connectivity index (χ1v) is 5.53. The molecule has 0 aliphatic carbocycles. The van der Waals surface area contributed by atoms with Crippen LogP contribution in [0.4, 0.5) is 0 Å². The summed E-state index contributed by atoms with van der Waals surface area (Å²) in [5.74, 6) is 1.09. The van der Waals surface area contributed by atoms with Crippen molar-refractivity contribution in [3.63, 3.8) is 0 Å². The fourth-order valence-corrected chi connectivity index (χ4v) is 1.42. The number of aromatic nitrogens is 2. The van der Waals surface area contributed by atoms with Crippen LogP contribution in [0.3, 0.4) is 0 Å². The van der Waals surface area contributed by atoms with Gasteiger partial charge in [-0.2, -0.15) is 0 Å². The molecule has 0 radical (unpaired) electrons. The highest BCUT2D eigenvalue weighted by atomic mass is 35.5. The Balaban J connectivity index is 2.69. The lowest BCUT2D eigenvalue weighted by Gasteiger charge is -2.24. The van der Waals surface area contributed by atoms with E-state index in [2.05, 4.69) is 37.2 Å². The third-order valence-electron chi connectivity index (χ3n) is 2.44. The summed E-state index contributed by atoms with van der Waals surface area (Å²) in [4.78, 5) is 4.32. The number of halogens is 1. The Hall–Kier alpha value is -0.500. The van der Waals surface area contributed by atoms with E-state index in [9.17, 15) is 0 Å². The Kier molecular flexibility index (Phi) is 3.59. The van der Waals surface area contributed by atoms with Crippen LogP contribution >= 0.6 is 11.6 Å². The van der Waals surface area contributed by atoms with E-state index in [1.54, 1.807) is 0 Å². The Morgan fingerprint density at radius 1 is 1.50 bits per heavy atom. The van der Waals surface area contributed by atoms with Gasteiger partial charge in [0.1, 0.15) is 5.82 Å². The molecule has 3 heteroatoms. The number of alkyl halides is 1. The predicted molar refractivity (Wildman–Crippen MR) is 60.7 cm³/mol. The number of hydrogen-bond donors (Lipinski definition) is 0. The van der Waals surface area contributed by atoms with Crippen molar-refractivity contribution in [1.82, 2.24) is 9.55 Å². The van der Waals surface area contributed by atoms with Gasteiger partial charge < -0.3 is 4.57 Å². The minimum Gasteiger partial charge on any atom is -0.335 e. The third-order valence-corrected chi connectivity index (χ3v) is 3.25. The van der Waals surface area contributed by atoms with Crippen LogP contribution in [0, 0.1) is 5.41 Å². The van der Waals surface area contributed by atoms with Crippen molar-refractivity contribution < 1.29 is 0 Å². The smallest absolute Gasteiger partial charge is 0.110 e. The van der Waals surface area contributed by atoms with Gasteiger partial charge in [-0.1, -0.05) is 20.8 Å². The Morgan fingerprint density at radius 2 is 2.14 bits per heavy atom. The maximum Gasteiger partial charge on any atom is 0.110 e. The van der Waals surface area contributed by atoms with E-state index in [0.717, 1.165) is 18.8 Å². The molecule has 0 spiro atoms. The summed E-state index contributed by atoms with van der Waals surface area (Å²) in [6, 6.07) is 0. The fraction of sp³-hybridized carbons (Fsp3) is 0.727. The minimum atomic E-state index is 0.131.